The van der Waals surface area contributed by atoms with Crippen LogP contribution in [0.3, 0.4) is 0 Å². The monoisotopic (exact) mass is 212 g/mol. The number of carbonyl (C=O) groups is 1. The average molecular weight is 212 g/mol. The van der Waals surface area contributed by atoms with Crippen LogP contribution >= 0.6 is 0 Å². The minimum absolute atomic E-state index is 0.212. The lowest BCUT2D eigenvalue weighted by Crippen LogP contribution is -2.45. The Morgan fingerprint density at radius 1 is 1.53 bits per heavy atom. The molecule has 1 saturated heterocycles. The van der Waals surface area contributed by atoms with E-state index in [4.69, 9.17) is 0 Å². The Morgan fingerprint density at radius 3 is 2.93 bits per heavy atom. The molecule has 1 aliphatic heterocycles. The van der Waals surface area contributed by atoms with Gasteiger partial charge in [0.05, 0.1) is 0 Å². The molecular formula is C12H24N2O. The van der Waals surface area contributed by atoms with Gasteiger partial charge in [0.15, 0.2) is 0 Å². The molecule has 0 aromatic heterocycles. The molecule has 3 nitrogen and oxygen atoms in total. The van der Waals surface area contributed by atoms with Crippen molar-refractivity contribution in [3.8, 4) is 0 Å². The highest BCUT2D eigenvalue weighted by atomic mass is 16.1. The molecule has 1 unspecified atom stereocenters. The molecule has 0 bridgehead atoms. The maximum absolute atomic E-state index is 11.5. The Bertz CT molecular complexity index is 198. The molecule has 0 aromatic rings. The highest BCUT2D eigenvalue weighted by Crippen LogP contribution is 2.24. The molecule has 1 aliphatic rings. The topological polar surface area (TPSA) is 41.1 Å². The van der Waals surface area contributed by atoms with E-state index in [9.17, 15) is 4.79 Å². The molecule has 88 valence electrons. The molecule has 1 amide bonds. The van der Waals surface area contributed by atoms with Crippen molar-refractivity contribution < 1.29 is 4.79 Å². The number of nitrogens with one attached hydrogen (secondary N) is 2. The zero-order chi connectivity index (χ0) is 11.1. The second kappa shape index (κ2) is 6.11. The molecule has 1 fully saturated rings. The highest BCUT2D eigenvalue weighted by Gasteiger charge is 2.26. The van der Waals surface area contributed by atoms with Gasteiger partial charge in [-0.3, -0.25) is 4.79 Å². The largest absolute Gasteiger partial charge is 0.356 e. The van der Waals surface area contributed by atoms with Crippen molar-refractivity contribution in [3.63, 3.8) is 0 Å². The molecule has 2 N–H and O–H groups in total. The summed E-state index contributed by atoms with van der Waals surface area (Å²) in [5, 5.41) is 6.44. The Hall–Kier alpha value is -0.570. The summed E-state index contributed by atoms with van der Waals surface area (Å²) in [6.45, 7) is 7.34. The summed E-state index contributed by atoms with van der Waals surface area (Å²) in [4.78, 5) is 11.5. The van der Waals surface area contributed by atoms with Crippen LogP contribution in [0.1, 0.15) is 46.0 Å². The minimum atomic E-state index is 0.212. The molecule has 1 heterocycles. The van der Waals surface area contributed by atoms with Crippen LogP contribution in [0.25, 0.3) is 0 Å². The van der Waals surface area contributed by atoms with E-state index in [0.29, 0.717) is 6.42 Å². The van der Waals surface area contributed by atoms with Gasteiger partial charge in [-0.05, 0) is 31.2 Å². The van der Waals surface area contributed by atoms with E-state index in [1.165, 1.54) is 12.8 Å². The van der Waals surface area contributed by atoms with Gasteiger partial charge in [0, 0.05) is 19.5 Å². The van der Waals surface area contributed by atoms with Crippen molar-refractivity contribution in [1.82, 2.24) is 10.6 Å². The van der Waals surface area contributed by atoms with Crippen LogP contribution in [0, 0.1) is 5.41 Å². The molecular weight excluding hydrogens is 188 g/mol. The van der Waals surface area contributed by atoms with Crippen LogP contribution in [0.4, 0.5) is 0 Å². The SMILES string of the molecule is CCCCC(=O)NCC1(C)CCCNC1. The van der Waals surface area contributed by atoms with Crippen molar-refractivity contribution >= 4 is 5.91 Å². The van der Waals surface area contributed by atoms with E-state index < -0.39 is 0 Å². The number of hydrogen-bond acceptors (Lipinski definition) is 2. The maximum Gasteiger partial charge on any atom is 0.220 e. The van der Waals surface area contributed by atoms with Crippen molar-refractivity contribution in [2.45, 2.75) is 46.0 Å². The molecule has 0 spiro atoms. The molecule has 1 rings (SSSR count). The molecule has 0 aromatic carbocycles. The van der Waals surface area contributed by atoms with Gasteiger partial charge in [0.25, 0.3) is 0 Å². The number of piperidine rings is 1. The molecule has 15 heavy (non-hydrogen) atoms. The second-order valence-corrected chi connectivity index (χ2v) is 4.97. The predicted molar refractivity (Wildman–Crippen MR) is 62.7 cm³/mol. The van der Waals surface area contributed by atoms with E-state index in [1.54, 1.807) is 0 Å². The van der Waals surface area contributed by atoms with Crippen LogP contribution in [-0.2, 0) is 4.79 Å². The molecule has 0 aliphatic carbocycles. The summed E-state index contributed by atoms with van der Waals surface area (Å²) < 4.78 is 0. The van der Waals surface area contributed by atoms with Crippen LogP contribution in [0.15, 0.2) is 0 Å². The van der Waals surface area contributed by atoms with Crippen LogP contribution in [0.5, 0.6) is 0 Å². The number of rotatable bonds is 5. The van der Waals surface area contributed by atoms with Gasteiger partial charge in [-0.1, -0.05) is 20.3 Å². The highest BCUT2D eigenvalue weighted by molar-refractivity contribution is 5.75. The van der Waals surface area contributed by atoms with Crippen molar-refractivity contribution in [1.29, 1.82) is 0 Å². The second-order valence-electron chi connectivity index (χ2n) is 4.97. The van der Waals surface area contributed by atoms with Crippen molar-refractivity contribution in [2.75, 3.05) is 19.6 Å². The lowest BCUT2D eigenvalue weighted by atomic mass is 9.83. The number of amides is 1. The number of hydrogen-bond donors (Lipinski definition) is 2. The van der Waals surface area contributed by atoms with E-state index in [-0.39, 0.29) is 11.3 Å². The molecule has 0 radical (unpaired) electrons. The summed E-state index contributed by atoms with van der Waals surface area (Å²) in [6, 6.07) is 0. The first-order valence-electron chi connectivity index (χ1n) is 6.14. The zero-order valence-corrected chi connectivity index (χ0v) is 10.1. The van der Waals surface area contributed by atoms with E-state index in [1.807, 2.05) is 0 Å². The van der Waals surface area contributed by atoms with Crippen LogP contribution < -0.4 is 10.6 Å². The fraction of sp³-hybridized carbons (Fsp3) is 0.917. The quantitative estimate of drug-likeness (QED) is 0.728. The minimum Gasteiger partial charge on any atom is -0.356 e. The van der Waals surface area contributed by atoms with Gasteiger partial charge in [0.1, 0.15) is 0 Å². The Kier molecular flexibility index (Phi) is 5.09. The Labute approximate surface area is 93.0 Å². The van der Waals surface area contributed by atoms with E-state index in [2.05, 4.69) is 24.5 Å². The number of carbonyl (C=O) groups excluding carboxylic acids is 1. The first-order chi connectivity index (χ1) is 7.16. The van der Waals surface area contributed by atoms with Gasteiger partial charge < -0.3 is 10.6 Å². The van der Waals surface area contributed by atoms with Gasteiger partial charge >= 0.3 is 0 Å². The molecule has 3 heteroatoms. The van der Waals surface area contributed by atoms with Crippen molar-refractivity contribution in [3.05, 3.63) is 0 Å². The summed E-state index contributed by atoms with van der Waals surface area (Å²) in [6.07, 6.45) is 5.21. The summed E-state index contributed by atoms with van der Waals surface area (Å²) in [7, 11) is 0. The molecule has 1 atom stereocenters. The first kappa shape index (κ1) is 12.5. The van der Waals surface area contributed by atoms with Gasteiger partial charge in [0.2, 0.25) is 5.91 Å². The third kappa shape index (κ3) is 4.65. The molecule has 0 saturated carbocycles. The Morgan fingerprint density at radius 2 is 2.33 bits per heavy atom. The van der Waals surface area contributed by atoms with Gasteiger partial charge in [-0.15, -0.1) is 0 Å². The first-order valence-corrected chi connectivity index (χ1v) is 6.14. The van der Waals surface area contributed by atoms with Crippen LogP contribution in [-0.4, -0.2) is 25.5 Å². The standard InChI is InChI=1S/C12H24N2O/c1-3-4-6-11(15)14-10-12(2)7-5-8-13-9-12/h13H,3-10H2,1-2H3,(H,14,15). The smallest absolute Gasteiger partial charge is 0.220 e. The summed E-state index contributed by atoms with van der Waals surface area (Å²) in [5.74, 6) is 0.212. The summed E-state index contributed by atoms with van der Waals surface area (Å²) >= 11 is 0. The average Bonchev–Trinajstić information content (AvgIpc) is 2.25. The zero-order valence-electron chi connectivity index (χ0n) is 10.1. The van der Waals surface area contributed by atoms with Crippen LogP contribution in [0.2, 0.25) is 0 Å². The van der Waals surface area contributed by atoms with E-state index >= 15 is 0 Å². The normalized spacial score (nSPS) is 26.3. The van der Waals surface area contributed by atoms with Gasteiger partial charge in [-0.2, -0.15) is 0 Å². The lowest BCUT2D eigenvalue weighted by Gasteiger charge is -2.34. The van der Waals surface area contributed by atoms with Crippen molar-refractivity contribution in [2.24, 2.45) is 5.41 Å². The third-order valence-electron chi connectivity index (χ3n) is 3.16. The maximum atomic E-state index is 11.5. The van der Waals surface area contributed by atoms with E-state index in [0.717, 1.165) is 32.5 Å². The van der Waals surface area contributed by atoms with Gasteiger partial charge in [-0.25, -0.2) is 0 Å². The third-order valence-corrected chi connectivity index (χ3v) is 3.16. The fourth-order valence-corrected chi connectivity index (χ4v) is 2.01. The number of unbranched alkanes of at least 4 members (excludes halogenated alkanes) is 1. The fourth-order valence-electron chi connectivity index (χ4n) is 2.01. The lowest BCUT2D eigenvalue weighted by molar-refractivity contribution is -0.121. The Balaban J connectivity index is 2.19. The summed E-state index contributed by atoms with van der Waals surface area (Å²) in [5.41, 5.74) is 0.264. The predicted octanol–water partition coefficient (Wildman–Crippen LogP) is 1.68.